The Morgan fingerprint density at radius 3 is 2.45 bits per heavy atom. The number of likely N-dealkylation sites (tertiary alicyclic amines) is 1. The molecule has 0 radical (unpaired) electrons. The molecule has 0 bridgehead atoms. The number of hydrogen-bond donors (Lipinski definition) is 1. The lowest BCUT2D eigenvalue weighted by molar-refractivity contribution is 0.0601. The van der Waals surface area contributed by atoms with E-state index in [4.69, 9.17) is 5.26 Å². The van der Waals surface area contributed by atoms with Crippen molar-refractivity contribution in [3.05, 3.63) is 76.2 Å². The van der Waals surface area contributed by atoms with Gasteiger partial charge in [0.15, 0.2) is 0 Å². The molecule has 1 amide bonds. The number of imidazole rings is 1. The predicted octanol–water partition coefficient (Wildman–Crippen LogP) is 5.07. The smallest absolute Gasteiger partial charge is 0.254 e. The van der Waals surface area contributed by atoms with Crippen molar-refractivity contribution in [2.45, 2.75) is 44.9 Å². The number of carbonyl (C=O) groups excluding carboxylic acids is 1. The van der Waals surface area contributed by atoms with Crippen LogP contribution in [0.4, 0.5) is 0 Å². The van der Waals surface area contributed by atoms with E-state index >= 15 is 0 Å². The summed E-state index contributed by atoms with van der Waals surface area (Å²) in [4.78, 5) is 23.0. The number of H-pyrrole nitrogens is 1. The van der Waals surface area contributed by atoms with E-state index in [1.165, 1.54) is 30.4 Å². The first-order valence-electron chi connectivity index (χ1n) is 11.0. The lowest BCUT2D eigenvalue weighted by Gasteiger charge is -2.40. The minimum absolute atomic E-state index is 0.0973. The van der Waals surface area contributed by atoms with Crippen molar-refractivity contribution in [2.24, 2.45) is 0 Å². The molecule has 2 aliphatic rings. The molecule has 31 heavy (non-hydrogen) atoms. The standard InChI is InChI=1S/C26H26N4O/c1-16-10-23(20-4-3-5-20)24(25-13-28-17(2)29-25)11-22(16)26(31)30-14-21(15-30)19-8-6-18(12-27)7-9-19/h6-11,13,20-21H,3-5,14-15H2,1-2H3,(H,28,29). The Kier molecular flexibility index (Phi) is 4.86. The van der Waals surface area contributed by atoms with Crippen LogP contribution in [-0.2, 0) is 0 Å². The number of carbonyl (C=O) groups is 1. The highest BCUT2D eigenvalue weighted by Gasteiger charge is 2.34. The largest absolute Gasteiger partial charge is 0.342 e. The molecule has 5 nitrogen and oxygen atoms in total. The molecule has 1 aliphatic carbocycles. The maximum absolute atomic E-state index is 13.3. The topological polar surface area (TPSA) is 72.8 Å². The molecule has 0 atom stereocenters. The minimum Gasteiger partial charge on any atom is -0.342 e. The summed E-state index contributed by atoms with van der Waals surface area (Å²) in [5.41, 5.74) is 7.13. The maximum Gasteiger partial charge on any atom is 0.254 e. The van der Waals surface area contributed by atoms with Crippen molar-refractivity contribution in [1.29, 1.82) is 5.26 Å². The quantitative estimate of drug-likeness (QED) is 0.652. The van der Waals surface area contributed by atoms with E-state index in [0.29, 0.717) is 30.5 Å². The van der Waals surface area contributed by atoms with E-state index in [1.807, 2.05) is 42.3 Å². The van der Waals surface area contributed by atoms with Gasteiger partial charge in [-0.25, -0.2) is 4.98 Å². The first-order valence-corrected chi connectivity index (χ1v) is 11.0. The molecule has 3 aromatic rings. The monoisotopic (exact) mass is 410 g/mol. The van der Waals surface area contributed by atoms with Gasteiger partial charge in [0.2, 0.25) is 0 Å². The summed E-state index contributed by atoms with van der Waals surface area (Å²) in [6, 6.07) is 14.2. The third-order valence-corrected chi connectivity index (χ3v) is 6.84. The van der Waals surface area contributed by atoms with Crippen LogP contribution in [-0.4, -0.2) is 33.9 Å². The highest BCUT2D eigenvalue weighted by molar-refractivity contribution is 5.98. The zero-order valence-corrected chi connectivity index (χ0v) is 18.0. The molecule has 1 aliphatic heterocycles. The fourth-order valence-corrected chi connectivity index (χ4v) is 4.66. The average molecular weight is 411 g/mol. The highest BCUT2D eigenvalue weighted by Crippen LogP contribution is 2.42. The van der Waals surface area contributed by atoms with Gasteiger partial charge in [-0.05, 0) is 67.5 Å². The first kappa shape index (κ1) is 19.6. The Morgan fingerprint density at radius 2 is 1.87 bits per heavy atom. The van der Waals surface area contributed by atoms with Gasteiger partial charge in [-0.2, -0.15) is 5.26 Å². The van der Waals surface area contributed by atoms with Gasteiger partial charge in [-0.3, -0.25) is 4.79 Å². The zero-order chi connectivity index (χ0) is 21.5. The van der Waals surface area contributed by atoms with E-state index in [9.17, 15) is 4.79 Å². The maximum atomic E-state index is 13.3. The number of aromatic nitrogens is 2. The van der Waals surface area contributed by atoms with Crippen molar-refractivity contribution >= 4 is 5.91 Å². The van der Waals surface area contributed by atoms with Gasteiger partial charge in [0.1, 0.15) is 5.82 Å². The summed E-state index contributed by atoms with van der Waals surface area (Å²) >= 11 is 0. The van der Waals surface area contributed by atoms with E-state index in [0.717, 1.165) is 28.2 Å². The second-order valence-electron chi connectivity index (χ2n) is 8.91. The van der Waals surface area contributed by atoms with Crippen LogP contribution in [0.3, 0.4) is 0 Å². The predicted molar refractivity (Wildman–Crippen MR) is 120 cm³/mol. The number of aryl methyl sites for hydroxylation is 2. The summed E-state index contributed by atoms with van der Waals surface area (Å²) in [6.45, 7) is 5.44. The second kappa shape index (κ2) is 7.70. The molecule has 0 spiro atoms. The molecule has 1 saturated carbocycles. The van der Waals surface area contributed by atoms with Gasteiger partial charge < -0.3 is 9.88 Å². The molecule has 1 saturated heterocycles. The number of amides is 1. The van der Waals surface area contributed by atoms with Crippen LogP contribution in [0.2, 0.25) is 0 Å². The van der Waals surface area contributed by atoms with Gasteiger partial charge in [0.25, 0.3) is 5.91 Å². The van der Waals surface area contributed by atoms with Crippen LogP contribution in [0.15, 0.2) is 42.6 Å². The Balaban J connectivity index is 1.39. The lowest BCUT2D eigenvalue weighted by Crippen LogP contribution is -2.48. The molecule has 0 unspecified atom stereocenters. The van der Waals surface area contributed by atoms with Crippen LogP contribution in [0, 0.1) is 25.2 Å². The van der Waals surface area contributed by atoms with Gasteiger partial charge in [0.05, 0.1) is 23.5 Å². The van der Waals surface area contributed by atoms with E-state index in [2.05, 4.69) is 35.1 Å². The van der Waals surface area contributed by atoms with Crippen molar-refractivity contribution < 1.29 is 4.79 Å². The number of nitrogens with one attached hydrogen (secondary N) is 1. The van der Waals surface area contributed by atoms with Crippen molar-refractivity contribution in [3.8, 4) is 17.3 Å². The van der Waals surface area contributed by atoms with Crippen molar-refractivity contribution in [2.75, 3.05) is 13.1 Å². The van der Waals surface area contributed by atoms with Gasteiger partial charge in [-0.1, -0.05) is 24.6 Å². The average Bonchev–Trinajstić information content (AvgIpc) is 3.12. The van der Waals surface area contributed by atoms with E-state index in [-0.39, 0.29) is 5.91 Å². The molecule has 2 fully saturated rings. The number of nitriles is 1. The number of hydrogen-bond acceptors (Lipinski definition) is 3. The molecule has 1 aromatic heterocycles. The zero-order valence-electron chi connectivity index (χ0n) is 18.0. The van der Waals surface area contributed by atoms with Crippen LogP contribution in [0.25, 0.3) is 11.3 Å². The van der Waals surface area contributed by atoms with Gasteiger partial charge in [0, 0.05) is 30.1 Å². The van der Waals surface area contributed by atoms with Crippen LogP contribution in [0.1, 0.15) is 69.5 Å². The molecular weight excluding hydrogens is 384 g/mol. The molecule has 5 rings (SSSR count). The summed E-state index contributed by atoms with van der Waals surface area (Å²) < 4.78 is 0. The number of benzene rings is 2. The molecule has 1 N–H and O–H groups in total. The Hall–Kier alpha value is -3.39. The van der Waals surface area contributed by atoms with Gasteiger partial charge in [-0.15, -0.1) is 0 Å². The number of aromatic amines is 1. The van der Waals surface area contributed by atoms with Crippen LogP contribution < -0.4 is 0 Å². The van der Waals surface area contributed by atoms with Gasteiger partial charge >= 0.3 is 0 Å². The van der Waals surface area contributed by atoms with E-state index in [1.54, 1.807) is 0 Å². The third-order valence-electron chi connectivity index (χ3n) is 6.84. The summed E-state index contributed by atoms with van der Waals surface area (Å²) in [6.07, 6.45) is 5.58. The molecule has 2 aromatic carbocycles. The molecule has 2 heterocycles. The van der Waals surface area contributed by atoms with Crippen LogP contribution in [0.5, 0.6) is 0 Å². The van der Waals surface area contributed by atoms with Crippen molar-refractivity contribution in [3.63, 3.8) is 0 Å². The first-order chi connectivity index (χ1) is 15.0. The molecule has 5 heteroatoms. The lowest BCUT2D eigenvalue weighted by atomic mass is 9.76. The Labute approximate surface area is 182 Å². The van der Waals surface area contributed by atoms with E-state index < -0.39 is 0 Å². The van der Waals surface area contributed by atoms with Crippen LogP contribution >= 0.6 is 0 Å². The second-order valence-corrected chi connectivity index (χ2v) is 8.91. The summed E-state index contributed by atoms with van der Waals surface area (Å²) in [5.74, 6) is 1.89. The number of nitrogens with zero attached hydrogens (tertiary/aromatic N) is 3. The molecular formula is C26H26N4O. The molecule has 156 valence electrons. The fourth-order valence-electron chi connectivity index (χ4n) is 4.66. The SMILES string of the molecule is Cc1ncc(-c2cc(C(=O)N3CC(c4ccc(C#N)cc4)C3)c(C)cc2C2CCC2)[nH]1. The highest BCUT2D eigenvalue weighted by atomic mass is 16.2. The Morgan fingerprint density at radius 1 is 1.13 bits per heavy atom. The number of rotatable bonds is 4. The minimum atomic E-state index is 0.0973. The summed E-state index contributed by atoms with van der Waals surface area (Å²) in [7, 11) is 0. The normalized spacial score (nSPS) is 16.5. The fraction of sp³-hybridized carbons (Fsp3) is 0.346. The third kappa shape index (κ3) is 3.53. The Bertz CT molecular complexity index is 1180. The van der Waals surface area contributed by atoms with Crippen molar-refractivity contribution in [1.82, 2.24) is 14.9 Å². The summed E-state index contributed by atoms with van der Waals surface area (Å²) in [5, 5.41) is 8.98.